The monoisotopic (exact) mass is 247 g/mol. The number of carbonyl (C=O) groups is 1. The summed E-state index contributed by atoms with van der Waals surface area (Å²) in [6.07, 6.45) is 0.180. The Balaban J connectivity index is 2.30. The molecule has 0 N–H and O–H groups in total. The molecule has 94 valence electrons. The van der Waals surface area contributed by atoms with Gasteiger partial charge in [0.05, 0.1) is 19.1 Å². The van der Waals surface area contributed by atoms with Gasteiger partial charge in [0.2, 0.25) is 12.5 Å². The van der Waals surface area contributed by atoms with Crippen molar-refractivity contribution in [3.63, 3.8) is 0 Å². The van der Waals surface area contributed by atoms with Crippen LogP contribution in [0.15, 0.2) is 12.1 Å². The van der Waals surface area contributed by atoms with E-state index in [0.29, 0.717) is 22.8 Å². The number of benzene rings is 1. The fourth-order valence-corrected chi connectivity index (χ4v) is 1.73. The highest BCUT2D eigenvalue weighted by Gasteiger charge is 2.22. The summed E-state index contributed by atoms with van der Waals surface area (Å²) in [7, 11) is 1.50. The first-order valence-corrected chi connectivity index (χ1v) is 5.56. The predicted molar refractivity (Wildman–Crippen MR) is 62.8 cm³/mol. The number of hydrogen-bond donors (Lipinski definition) is 0. The van der Waals surface area contributed by atoms with Crippen LogP contribution in [0.3, 0.4) is 0 Å². The molecule has 1 aromatic rings. The Labute approximate surface area is 105 Å². The number of hydrogen-bond acceptors (Lipinski definition) is 5. The summed E-state index contributed by atoms with van der Waals surface area (Å²) in [5.41, 5.74) is 0.471. The van der Waals surface area contributed by atoms with Crippen molar-refractivity contribution in [3.05, 3.63) is 17.7 Å². The fourth-order valence-electron chi connectivity index (χ4n) is 1.73. The molecule has 18 heavy (non-hydrogen) atoms. The lowest BCUT2D eigenvalue weighted by Crippen LogP contribution is -2.05. The van der Waals surface area contributed by atoms with Gasteiger partial charge in [-0.1, -0.05) is 0 Å². The summed E-state index contributed by atoms with van der Waals surface area (Å²) >= 11 is 0. The number of nitriles is 1. The molecule has 1 unspecified atom stereocenters. The summed E-state index contributed by atoms with van der Waals surface area (Å²) in [5.74, 6) is 1.07. The second kappa shape index (κ2) is 4.96. The average Bonchev–Trinajstić information content (AvgIpc) is 2.85. The first-order chi connectivity index (χ1) is 8.65. The van der Waals surface area contributed by atoms with Gasteiger partial charge in [-0.3, -0.25) is 4.79 Å². The minimum absolute atomic E-state index is 0.111. The van der Waals surface area contributed by atoms with E-state index in [4.69, 9.17) is 19.5 Å². The van der Waals surface area contributed by atoms with Gasteiger partial charge in [0.25, 0.3) is 0 Å². The summed E-state index contributed by atoms with van der Waals surface area (Å²) in [6.45, 7) is 1.83. The minimum atomic E-state index is -0.311. The number of Topliss-reactive ketones (excluding diaryl/α,β-unsaturated/α-hetero) is 1. The molecule has 0 saturated carbocycles. The van der Waals surface area contributed by atoms with Gasteiger partial charge in [0, 0.05) is 12.0 Å². The predicted octanol–water partition coefficient (Wildman–Crippen LogP) is 2.16. The summed E-state index contributed by atoms with van der Waals surface area (Å²) in [6, 6.07) is 5.27. The molecule has 1 atom stereocenters. The van der Waals surface area contributed by atoms with Crippen LogP contribution in [0.25, 0.3) is 0 Å². The van der Waals surface area contributed by atoms with Gasteiger partial charge in [-0.15, -0.1) is 0 Å². The standard InChI is InChI=1S/C13H13NO4/c1-8(6-14)3-10(15)9-4-11(16-2)13-12(5-9)17-7-18-13/h4-5,8H,3,7H2,1-2H3. The van der Waals surface area contributed by atoms with Crippen LogP contribution in [-0.4, -0.2) is 19.7 Å². The molecule has 2 rings (SSSR count). The number of fused-ring (bicyclic) bond motifs is 1. The molecule has 1 aromatic carbocycles. The third-order valence-electron chi connectivity index (χ3n) is 2.69. The Bertz CT molecular complexity index is 518. The van der Waals surface area contributed by atoms with E-state index in [0.717, 1.165) is 0 Å². The van der Waals surface area contributed by atoms with Crippen molar-refractivity contribution in [2.75, 3.05) is 13.9 Å². The van der Waals surface area contributed by atoms with Crippen molar-refractivity contribution < 1.29 is 19.0 Å². The van der Waals surface area contributed by atoms with Gasteiger partial charge in [0.15, 0.2) is 17.3 Å². The quantitative estimate of drug-likeness (QED) is 0.762. The molecule has 0 aromatic heterocycles. The van der Waals surface area contributed by atoms with E-state index in [-0.39, 0.29) is 24.9 Å². The van der Waals surface area contributed by atoms with Gasteiger partial charge in [0.1, 0.15) is 0 Å². The first-order valence-electron chi connectivity index (χ1n) is 5.56. The molecule has 5 heteroatoms. The molecule has 0 spiro atoms. The Morgan fingerprint density at radius 2 is 2.33 bits per heavy atom. The zero-order chi connectivity index (χ0) is 13.1. The first kappa shape index (κ1) is 12.2. The topological polar surface area (TPSA) is 68.6 Å². The van der Waals surface area contributed by atoms with Crippen molar-refractivity contribution in [2.45, 2.75) is 13.3 Å². The molecule has 0 amide bonds. The molecular formula is C13H13NO4. The van der Waals surface area contributed by atoms with Crippen molar-refractivity contribution in [1.82, 2.24) is 0 Å². The van der Waals surface area contributed by atoms with E-state index in [2.05, 4.69) is 0 Å². The zero-order valence-corrected chi connectivity index (χ0v) is 10.2. The molecule has 0 aliphatic carbocycles. The highest BCUT2D eigenvalue weighted by Crippen LogP contribution is 2.42. The molecule has 0 saturated heterocycles. The Kier molecular flexibility index (Phi) is 3.38. The summed E-state index contributed by atoms with van der Waals surface area (Å²) < 4.78 is 15.6. The van der Waals surface area contributed by atoms with Crippen LogP contribution in [0, 0.1) is 17.2 Å². The van der Waals surface area contributed by atoms with Gasteiger partial charge in [-0.05, 0) is 19.1 Å². The van der Waals surface area contributed by atoms with Gasteiger partial charge >= 0.3 is 0 Å². The number of methoxy groups -OCH3 is 1. The maximum absolute atomic E-state index is 12.0. The number of rotatable bonds is 4. The van der Waals surface area contributed by atoms with Crippen LogP contribution in [0.1, 0.15) is 23.7 Å². The van der Waals surface area contributed by atoms with E-state index in [1.807, 2.05) is 6.07 Å². The van der Waals surface area contributed by atoms with Crippen LogP contribution in [0.4, 0.5) is 0 Å². The smallest absolute Gasteiger partial charge is 0.231 e. The van der Waals surface area contributed by atoms with E-state index >= 15 is 0 Å². The Morgan fingerprint density at radius 1 is 1.56 bits per heavy atom. The van der Waals surface area contributed by atoms with Gasteiger partial charge in [-0.2, -0.15) is 5.26 Å². The highest BCUT2D eigenvalue weighted by atomic mass is 16.7. The van der Waals surface area contributed by atoms with E-state index in [9.17, 15) is 4.79 Å². The summed E-state index contributed by atoms with van der Waals surface area (Å²) in [5, 5.41) is 8.71. The number of nitrogens with zero attached hydrogens (tertiary/aromatic N) is 1. The molecule has 0 radical (unpaired) electrons. The lowest BCUT2D eigenvalue weighted by Gasteiger charge is -2.08. The highest BCUT2D eigenvalue weighted by molar-refractivity contribution is 5.97. The van der Waals surface area contributed by atoms with Crippen molar-refractivity contribution in [2.24, 2.45) is 5.92 Å². The maximum Gasteiger partial charge on any atom is 0.231 e. The third kappa shape index (κ3) is 2.23. The van der Waals surface area contributed by atoms with E-state index in [1.165, 1.54) is 7.11 Å². The van der Waals surface area contributed by atoms with Crippen molar-refractivity contribution in [3.8, 4) is 23.3 Å². The average molecular weight is 247 g/mol. The molecule has 5 nitrogen and oxygen atoms in total. The van der Waals surface area contributed by atoms with Crippen LogP contribution >= 0.6 is 0 Å². The molecule has 1 aliphatic rings. The third-order valence-corrected chi connectivity index (χ3v) is 2.69. The second-order valence-electron chi connectivity index (χ2n) is 4.07. The number of carbonyl (C=O) groups excluding carboxylic acids is 1. The summed E-state index contributed by atoms with van der Waals surface area (Å²) in [4.78, 5) is 12.0. The lowest BCUT2D eigenvalue weighted by atomic mass is 10.0. The molecule has 1 heterocycles. The zero-order valence-electron chi connectivity index (χ0n) is 10.2. The minimum Gasteiger partial charge on any atom is -0.493 e. The van der Waals surface area contributed by atoms with Crippen LogP contribution < -0.4 is 14.2 Å². The number of ketones is 1. The van der Waals surface area contributed by atoms with Gasteiger partial charge < -0.3 is 14.2 Å². The number of ether oxygens (including phenoxy) is 3. The lowest BCUT2D eigenvalue weighted by molar-refractivity contribution is 0.0972. The van der Waals surface area contributed by atoms with E-state index in [1.54, 1.807) is 19.1 Å². The SMILES string of the molecule is COc1cc(C(=O)CC(C)C#N)cc2c1OCO2. The molecule has 0 fully saturated rings. The van der Waals surface area contributed by atoms with Gasteiger partial charge in [-0.25, -0.2) is 0 Å². The van der Waals surface area contributed by atoms with E-state index < -0.39 is 0 Å². The molecular weight excluding hydrogens is 234 g/mol. The molecule has 1 aliphatic heterocycles. The molecule has 0 bridgehead atoms. The normalized spacial score (nSPS) is 13.8. The van der Waals surface area contributed by atoms with Crippen LogP contribution in [0.5, 0.6) is 17.2 Å². The Hall–Kier alpha value is -2.22. The fraction of sp³-hybridized carbons (Fsp3) is 0.385. The Morgan fingerprint density at radius 3 is 3.00 bits per heavy atom. The largest absolute Gasteiger partial charge is 0.493 e. The van der Waals surface area contributed by atoms with Crippen LogP contribution in [-0.2, 0) is 0 Å². The van der Waals surface area contributed by atoms with Crippen molar-refractivity contribution >= 4 is 5.78 Å². The van der Waals surface area contributed by atoms with Crippen LogP contribution in [0.2, 0.25) is 0 Å². The van der Waals surface area contributed by atoms with Crippen molar-refractivity contribution in [1.29, 1.82) is 5.26 Å². The maximum atomic E-state index is 12.0. The second-order valence-corrected chi connectivity index (χ2v) is 4.07.